The molecule has 1 aliphatic heterocycles. The molecule has 0 spiro atoms. The van der Waals surface area contributed by atoms with Crippen LogP contribution in [-0.4, -0.2) is 47.7 Å². The highest BCUT2D eigenvalue weighted by Gasteiger charge is 2.27. The molecule has 0 aliphatic carbocycles. The average molecular weight is 242 g/mol. The van der Waals surface area contributed by atoms with Crippen LogP contribution < -0.4 is 5.32 Å². The van der Waals surface area contributed by atoms with Gasteiger partial charge in [-0.05, 0) is 45.7 Å². The van der Waals surface area contributed by atoms with Crippen LogP contribution >= 0.6 is 0 Å². The van der Waals surface area contributed by atoms with Crippen molar-refractivity contribution in [3.63, 3.8) is 0 Å². The quantitative estimate of drug-likeness (QED) is 0.734. The number of rotatable bonds is 6. The van der Waals surface area contributed by atoms with E-state index in [0.29, 0.717) is 0 Å². The Bertz CT molecular complexity index is 233. The van der Waals surface area contributed by atoms with E-state index in [2.05, 4.69) is 17.1 Å². The van der Waals surface area contributed by atoms with Crippen molar-refractivity contribution in [2.24, 2.45) is 0 Å². The van der Waals surface area contributed by atoms with Crippen LogP contribution in [0.4, 0.5) is 0 Å². The fourth-order valence-corrected chi connectivity index (χ4v) is 2.48. The van der Waals surface area contributed by atoms with Gasteiger partial charge in [-0.2, -0.15) is 0 Å². The highest BCUT2D eigenvalue weighted by Crippen LogP contribution is 2.16. The van der Waals surface area contributed by atoms with Gasteiger partial charge >= 0.3 is 0 Å². The van der Waals surface area contributed by atoms with Crippen LogP contribution in [-0.2, 0) is 4.79 Å². The fraction of sp³-hybridized carbons (Fsp3) is 0.923. The number of amides is 1. The average Bonchev–Trinajstić information content (AvgIpc) is 2.36. The Morgan fingerprint density at radius 2 is 2.29 bits per heavy atom. The predicted molar refractivity (Wildman–Crippen MR) is 68.8 cm³/mol. The molecule has 17 heavy (non-hydrogen) atoms. The van der Waals surface area contributed by atoms with Crippen LogP contribution in [0.3, 0.4) is 0 Å². The van der Waals surface area contributed by atoms with Gasteiger partial charge in [0, 0.05) is 12.6 Å². The summed E-state index contributed by atoms with van der Waals surface area (Å²) in [5, 5.41) is 11.8. The number of nitrogens with one attached hydrogen (secondary N) is 1. The molecule has 0 bridgehead atoms. The molecule has 0 aromatic carbocycles. The highest BCUT2D eigenvalue weighted by atomic mass is 16.3. The number of aliphatic hydroxyl groups excluding tert-OH is 1. The summed E-state index contributed by atoms with van der Waals surface area (Å²) in [7, 11) is 0. The first-order chi connectivity index (χ1) is 8.19. The number of likely N-dealkylation sites (tertiary alicyclic amines) is 1. The van der Waals surface area contributed by atoms with E-state index >= 15 is 0 Å². The molecule has 1 fully saturated rings. The zero-order valence-corrected chi connectivity index (χ0v) is 11.1. The molecule has 0 saturated carbocycles. The van der Waals surface area contributed by atoms with Crippen molar-refractivity contribution in [2.75, 3.05) is 19.7 Å². The molecule has 2 atom stereocenters. The van der Waals surface area contributed by atoms with E-state index in [-0.39, 0.29) is 24.6 Å². The normalized spacial score (nSPS) is 23.4. The van der Waals surface area contributed by atoms with Gasteiger partial charge in [0.1, 0.15) is 0 Å². The molecule has 4 heteroatoms. The predicted octanol–water partition coefficient (Wildman–Crippen LogP) is 1.14. The van der Waals surface area contributed by atoms with Crippen molar-refractivity contribution in [3.05, 3.63) is 0 Å². The van der Waals surface area contributed by atoms with Crippen LogP contribution in [0.2, 0.25) is 0 Å². The van der Waals surface area contributed by atoms with Gasteiger partial charge in [0.15, 0.2) is 0 Å². The standard InChI is InChI=1S/C13H26N2O2/c1-3-15-9-5-4-8-12(15)13(17)14-11(2)7-6-10-16/h11-12,16H,3-10H2,1-2H3,(H,14,17). The number of hydrogen-bond acceptors (Lipinski definition) is 3. The van der Waals surface area contributed by atoms with Crippen LogP contribution in [0.1, 0.15) is 46.0 Å². The van der Waals surface area contributed by atoms with Crippen LogP contribution in [0.5, 0.6) is 0 Å². The van der Waals surface area contributed by atoms with E-state index in [0.717, 1.165) is 38.8 Å². The Morgan fingerprint density at radius 3 is 2.94 bits per heavy atom. The first-order valence-corrected chi connectivity index (χ1v) is 6.84. The minimum Gasteiger partial charge on any atom is -0.396 e. The lowest BCUT2D eigenvalue weighted by atomic mass is 10.0. The van der Waals surface area contributed by atoms with Crippen molar-refractivity contribution in [1.29, 1.82) is 0 Å². The number of carbonyl (C=O) groups excluding carboxylic acids is 1. The van der Waals surface area contributed by atoms with Gasteiger partial charge in [-0.1, -0.05) is 13.3 Å². The molecule has 1 rings (SSSR count). The van der Waals surface area contributed by atoms with Crippen molar-refractivity contribution >= 4 is 5.91 Å². The maximum Gasteiger partial charge on any atom is 0.237 e. The van der Waals surface area contributed by atoms with Crippen LogP contribution in [0.25, 0.3) is 0 Å². The zero-order valence-electron chi connectivity index (χ0n) is 11.1. The summed E-state index contributed by atoms with van der Waals surface area (Å²) in [5.41, 5.74) is 0. The first kappa shape index (κ1) is 14.5. The third kappa shape index (κ3) is 4.64. The Balaban J connectivity index is 2.39. The molecule has 2 unspecified atom stereocenters. The van der Waals surface area contributed by atoms with Gasteiger partial charge in [0.2, 0.25) is 5.91 Å². The molecule has 1 heterocycles. The number of likely N-dealkylation sites (N-methyl/N-ethyl adjacent to an activating group) is 1. The molecule has 0 aromatic heterocycles. The summed E-state index contributed by atoms with van der Waals surface area (Å²) < 4.78 is 0. The second-order valence-corrected chi connectivity index (χ2v) is 4.92. The monoisotopic (exact) mass is 242 g/mol. The number of carbonyl (C=O) groups is 1. The summed E-state index contributed by atoms with van der Waals surface area (Å²) in [6, 6.07) is 0.223. The highest BCUT2D eigenvalue weighted by molar-refractivity contribution is 5.82. The maximum atomic E-state index is 12.1. The third-order valence-electron chi connectivity index (χ3n) is 3.51. The van der Waals surface area contributed by atoms with Crippen molar-refractivity contribution in [1.82, 2.24) is 10.2 Å². The SMILES string of the molecule is CCN1CCCCC1C(=O)NC(C)CCCO. The second-order valence-electron chi connectivity index (χ2n) is 4.92. The van der Waals surface area contributed by atoms with Gasteiger partial charge in [0.25, 0.3) is 0 Å². The van der Waals surface area contributed by atoms with Crippen LogP contribution in [0.15, 0.2) is 0 Å². The third-order valence-corrected chi connectivity index (χ3v) is 3.51. The molecule has 2 N–H and O–H groups in total. The summed E-state index contributed by atoms with van der Waals surface area (Å²) >= 11 is 0. The molecule has 1 aliphatic rings. The molecule has 0 aromatic rings. The molecule has 1 amide bonds. The van der Waals surface area contributed by atoms with Gasteiger partial charge in [-0.15, -0.1) is 0 Å². The molecule has 4 nitrogen and oxygen atoms in total. The first-order valence-electron chi connectivity index (χ1n) is 6.84. The topological polar surface area (TPSA) is 52.6 Å². The Labute approximate surface area is 104 Å². The number of piperidine rings is 1. The van der Waals surface area contributed by atoms with Gasteiger partial charge in [0.05, 0.1) is 6.04 Å². The molecular weight excluding hydrogens is 216 g/mol. The lowest BCUT2D eigenvalue weighted by Crippen LogP contribution is -2.51. The number of hydrogen-bond donors (Lipinski definition) is 2. The lowest BCUT2D eigenvalue weighted by molar-refractivity contribution is -0.128. The Hall–Kier alpha value is -0.610. The van der Waals surface area contributed by atoms with Crippen LogP contribution in [0, 0.1) is 0 Å². The van der Waals surface area contributed by atoms with Crippen molar-refractivity contribution < 1.29 is 9.90 Å². The molecule has 1 saturated heterocycles. The van der Waals surface area contributed by atoms with E-state index in [1.54, 1.807) is 0 Å². The van der Waals surface area contributed by atoms with Crippen molar-refractivity contribution in [2.45, 2.75) is 58.0 Å². The Morgan fingerprint density at radius 1 is 1.53 bits per heavy atom. The van der Waals surface area contributed by atoms with E-state index < -0.39 is 0 Å². The minimum atomic E-state index is 0.0605. The van der Waals surface area contributed by atoms with E-state index in [1.165, 1.54) is 6.42 Å². The molecule has 0 radical (unpaired) electrons. The van der Waals surface area contributed by atoms with E-state index in [9.17, 15) is 4.79 Å². The van der Waals surface area contributed by atoms with E-state index in [4.69, 9.17) is 5.11 Å². The fourth-order valence-electron chi connectivity index (χ4n) is 2.48. The maximum absolute atomic E-state index is 12.1. The van der Waals surface area contributed by atoms with Gasteiger partial charge in [-0.3, -0.25) is 9.69 Å². The molecule has 100 valence electrons. The summed E-state index contributed by atoms with van der Waals surface area (Å²) in [6.45, 7) is 6.31. The zero-order chi connectivity index (χ0) is 12.7. The summed E-state index contributed by atoms with van der Waals surface area (Å²) in [4.78, 5) is 14.4. The number of nitrogens with zero attached hydrogens (tertiary/aromatic N) is 1. The van der Waals surface area contributed by atoms with Gasteiger partial charge in [-0.25, -0.2) is 0 Å². The Kier molecular flexibility index (Phi) is 6.52. The summed E-state index contributed by atoms with van der Waals surface area (Å²) in [5.74, 6) is 0.164. The van der Waals surface area contributed by atoms with E-state index in [1.807, 2.05) is 6.92 Å². The van der Waals surface area contributed by atoms with Gasteiger partial charge < -0.3 is 10.4 Å². The van der Waals surface area contributed by atoms with Crippen molar-refractivity contribution in [3.8, 4) is 0 Å². The largest absolute Gasteiger partial charge is 0.396 e. The second kappa shape index (κ2) is 7.67. The smallest absolute Gasteiger partial charge is 0.237 e. The summed E-state index contributed by atoms with van der Waals surface area (Å²) in [6.07, 6.45) is 4.94. The minimum absolute atomic E-state index is 0.0605. The molecular formula is C13H26N2O2. The number of aliphatic hydroxyl groups is 1. The lowest BCUT2D eigenvalue weighted by Gasteiger charge is -2.34.